The number of rotatable bonds is 5. The Hall–Kier alpha value is -2.48. The second-order valence-corrected chi connectivity index (χ2v) is 6.89. The van der Waals surface area contributed by atoms with Crippen LogP contribution in [0.25, 0.3) is 11.3 Å². The Morgan fingerprint density at radius 1 is 1.21 bits per heavy atom. The van der Waals surface area contributed by atoms with E-state index in [-0.39, 0.29) is 5.75 Å². The zero-order valence-electron chi connectivity index (χ0n) is 14.9. The normalized spacial score (nSPS) is 17.6. The first kappa shape index (κ1) is 18.9. The van der Waals surface area contributed by atoms with Crippen LogP contribution in [0.15, 0.2) is 48.5 Å². The van der Waals surface area contributed by atoms with Crippen LogP contribution in [-0.2, 0) is 11.3 Å². The summed E-state index contributed by atoms with van der Waals surface area (Å²) >= 11 is 6.23. The van der Waals surface area contributed by atoms with E-state index < -0.39 is 17.9 Å². The number of hydrogen-bond acceptors (Lipinski definition) is 4. The quantitative estimate of drug-likeness (QED) is 0.689. The van der Waals surface area contributed by atoms with Crippen LogP contribution < -0.4 is 4.74 Å². The largest absolute Gasteiger partial charge is 0.460 e. The summed E-state index contributed by atoms with van der Waals surface area (Å²) in [5.41, 5.74) is 2.56. The Bertz CT molecular complexity index is 966. The van der Waals surface area contributed by atoms with Crippen LogP contribution in [0.1, 0.15) is 5.69 Å². The summed E-state index contributed by atoms with van der Waals surface area (Å²) in [6, 6.07) is 12.7. The van der Waals surface area contributed by atoms with Gasteiger partial charge in [0.05, 0.1) is 23.9 Å². The predicted molar refractivity (Wildman–Crippen MR) is 101 cm³/mol. The highest BCUT2D eigenvalue weighted by atomic mass is 35.5. The second kappa shape index (κ2) is 8.26. The molecule has 1 aliphatic rings. The molecule has 2 aromatic carbocycles. The van der Waals surface area contributed by atoms with Crippen molar-refractivity contribution in [3.05, 3.63) is 70.9 Å². The Kier molecular flexibility index (Phi) is 5.57. The lowest BCUT2D eigenvalue weighted by atomic mass is 10.1. The van der Waals surface area contributed by atoms with Crippen LogP contribution in [0.4, 0.5) is 8.78 Å². The van der Waals surface area contributed by atoms with E-state index in [0.717, 1.165) is 29.1 Å². The van der Waals surface area contributed by atoms with E-state index in [9.17, 15) is 8.78 Å². The molecular formula is C20H18ClF2N3O2. The maximum Gasteiger partial charge on any atom is 0.212 e. The molecule has 1 N–H and O–H groups in total. The van der Waals surface area contributed by atoms with Gasteiger partial charge in [0.25, 0.3) is 0 Å². The van der Waals surface area contributed by atoms with Crippen molar-refractivity contribution in [3.63, 3.8) is 0 Å². The number of hydrogen-bond donors (Lipinski definition) is 1. The lowest BCUT2D eigenvalue weighted by Crippen LogP contribution is -2.44. The Morgan fingerprint density at radius 3 is 2.89 bits per heavy atom. The van der Waals surface area contributed by atoms with Crippen molar-refractivity contribution in [1.29, 1.82) is 0 Å². The van der Waals surface area contributed by atoms with Crippen LogP contribution >= 0.6 is 11.6 Å². The summed E-state index contributed by atoms with van der Waals surface area (Å²) in [5, 5.41) is 8.00. The van der Waals surface area contributed by atoms with Gasteiger partial charge in [-0.3, -0.25) is 10.00 Å². The molecular weight excluding hydrogens is 388 g/mol. The summed E-state index contributed by atoms with van der Waals surface area (Å²) in [6.45, 7) is 2.19. The lowest BCUT2D eigenvalue weighted by Gasteiger charge is -2.32. The van der Waals surface area contributed by atoms with Crippen molar-refractivity contribution < 1.29 is 18.3 Å². The molecule has 0 amide bonds. The fourth-order valence-electron chi connectivity index (χ4n) is 3.09. The number of H-pyrrole nitrogens is 1. The number of aromatic amines is 1. The molecule has 8 heteroatoms. The highest BCUT2D eigenvalue weighted by Crippen LogP contribution is 2.27. The number of aromatic nitrogens is 2. The topological polar surface area (TPSA) is 50.4 Å². The van der Waals surface area contributed by atoms with E-state index >= 15 is 0 Å². The van der Waals surface area contributed by atoms with Crippen molar-refractivity contribution >= 4 is 11.6 Å². The number of benzene rings is 2. The van der Waals surface area contributed by atoms with Gasteiger partial charge in [-0.1, -0.05) is 29.8 Å². The third-order valence-electron chi connectivity index (χ3n) is 4.45. The fraction of sp³-hybridized carbons (Fsp3) is 0.250. The first-order chi connectivity index (χ1) is 13.6. The maximum atomic E-state index is 13.8. The minimum absolute atomic E-state index is 0.0317. The standard InChI is InChI=1S/C20H18ClF2N3O2/c21-16-4-2-1-3-15(16)18-10-14(24-25-18)11-26-7-8-27-20(12-26)28-19-6-5-13(22)9-17(19)23/h1-6,9-10,20H,7-8,11-12H2,(H,24,25). The number of ether oxygens (including phenoxy) is 2. The molecule has 1 unspecified atom stereocenters. The molecule has 1 saturated heterocycles. The van der Waals surface area contributed by atoms with Crippen molar-refractivity contribution in [2.24, 2.45) is 0 Å². The number of nitrogens with zero attached hydrogens (tertiary/aromatic N) is 2. The Morgan fingerprint density at radius 2 is 2.07 bits per heavy atom. The summed E-state index contributed by atoms with van der Waals surface area (Å²) in [7, 11) is 0. The molecule has 0 spiro atoms. The van der Waals surface area contributed by atoms with E-state index in [1.54, 1.807) is 0 Å². The highest BCUT2D eigenvalue weighted by molar-refractivity contribution is 6.33. The molecule has 1 atom stereocenters. The molecule has 2 heterocycles. The summed E-state index contributed by atoms with van der Waals surface area (Å²) in [4.78, 5) is 2.11. The van der Waals surface area contributed by atoms with Gasteiger partial charge < -0.3 is 9.47 Å². The van der Waals surface area contributed by atoms with Gasteiger partial charge in [-0.25, -0.2) is 8.78 Å². The van der Waals surface area contributed by atoms with Crippen LogP contribution in [0.5, 0.6) is 5.75 Å². The van der Waals surface area contributed by atoms with Gasteiger partial charge in [-0.05, 0) is 24.3 Å². The van der Waals surface area contributed by atoms with E-state index in [1.807, 2.05) is 30.3 Å². The number of nitrogens with one attached hydrogen (secondary N) is 1. The van der Waals surface area contributed by atoms with Gasteiger partial charge in [-0.2, -0.15) is 5.10 Å². The number of halogens is 3. The first-order valence-corrected chi connectivity index (χ1v) is 9.21. The molecule has 0 saturated carbocycles. The Balaban J connectivity index is 1.40. The maximum absolute atomic E-state index is 13.8. The van der Waals surface area contributed by atoms with Crippen LogP contribution in [0, 0.1) is 11.6 Å². The summed E-state index contributed by atoms with van der Waals surface area (Å²) in [6.07, 6.45) is -0.639. The highest BCUT2D eigenvalue weighted by Gasteiger charge is 2.23. The average Bonchev–Trinajstić information content (AvgIpc) is 3.13. The smallest absolute Gasteiger partial charge is 0.212 e. The van der Waals surface area contributed by atoms with E-state index in [2.05, 4.69) is 15.1 Å². The van der Waals surface area contributed by atoms with Crippen LogP contribution in [-0.4, -0.2) is 41.1 Å². The molecule has 0 bridgehead atoms. The van der Waals surface area contributed by atoms with Crippen molar-refractivity contribution in [3.8, 4) is 17.0 Å². The molecule has 0 radical (unpaired) electrons. The lowest BCUT2D eigenvalue weighted by molar-refractivity contribution is -0.133. The summed E-state index contributed by atoms with van der Waals surface area (Å²) in [5.74, 6) is -1.43. The minimum Gasteiger partial charge on any atom is -0.460 e. The van der Waals surface area contributed by atoms with Crippen LogP contribution in [0.2, 0.25) is 5.02 Å². The monoisotopic (exact) mass is 405 g/mol. The Labute approximate surface area is 165 Å². The average molecular weight is 406 g/mol. The zero-order chi connectivity index (χ0) is 19.5. The SMILES string of the molecule is Fc1ccc(OC2CN(Cc3cc(-c4ccccc4Cl)n[nH]3)CCO2)c(F)c1. The van der Waals surface area contributed by atoms with E-state index in [4.69, 9.17) is 21.1 Å². The van der Waals surface area contributed by atoms with Gasteiger partial charge >= 0.3 is 0 Å². The first-order valence-electron chi connectivity index (χ1n) is 8.83. The second-order valence-electron chi connectivity index (χ2n) is 6.49. The number of morpholine rings is 1. The minimum atomic E-state index is -0.751. The van der Waals surface area contributed by atoms with Gasteiger partial charge in [0.2, 0.25) is 6.29 Å². The van der Waals surface area contributed by atoms with Crippen molar-refractivity contribution in [2.75, 3.05) is 19.7 Å². The summed E-state index contributed by atoms with van der Waals surface area (Å²) < 4.78 is 37.9. The van der Waals surface area contributed by atoms with E-state index in [0.29, 0.717) is 31.3 Å². The zero-order valence-corrected chi connectivity index (χ0v) is 15.6. The predicted octanol–water partition coefficient (Wildman–Crippen LogP) is 4.25. The van der Waals surface area contributed by atoms with Gasteiger partial charge in [0, 0.05) is 30.4 Å². The van der Waals surface area contributed by atoms with Gasteiger partial charge in [0.1, 0.15) is 5.82 Å². The van der Waals surface area contributed by atoms with Crippen molar-refractivity contribution in [1.82, 2.24) is 15.1 Å². The molecule has 28 heavy (non-hydrogen) atoms. The molecule has 1 fully saturated rings. The molecule has 1 aliphatic heterocycles. The van der Waals surface area contributed by atoms with Gasteiger partial charge in [-0.15, -0.1) is 0 Å². The molecule has 146 valence electrons. The van der Waals surface area contributed by atoms with Gasteiger partial charge in [0.15, 0.2) is 11.6 Å². The third kappa shape index (κ3) is 4.32. The van der Waals surface area contributed by atoms with Crippen molar-refractivity contribution in [2.45, 2.75) is 12.8 Å². The molecule has 1 aromatic heterocycles. The fourth-order valence-corrected chi connectivity index (χ4v) is 3.32. The van der Waals surface area contributed by atoms with Crippen LogP contribution in [0.3, 0.4) is 0 Å². The molecule has 3 aromatic rings. The van der Waals surface area contributed by atoms with E-state index in [1.165, 1.54) is 6.07 Å². The molecule has 4 rings (SSSR count). The molecule has 0 aliphatic carbocycles. The third-order valence-corrected chi connectivity index (χ3v) is 4.78. The molecule has 5 nitrogen and oxygen atoms in total.